The van der Waals surface area contributed by atoms with E-state index in [2.05, 4.69) is 5.32 Å². The van der Waals surface area contributed by atoms with Gasteiger partial charge in [0.05, 0.1) is 17.3 Å². The van der Waals surface area contributed by atoms with Crippen molar-refractivity contribution in [3.8, 4) is 0 Å². The number of thioether (sulfide) groups is 1. The minimum atomic E-state index is -0.763. The van der Waals surface area contributed by atoms with Gasteiger partial charge < -0.3 is 25.6 Å². The predicted molar refractivity (Wildman–Crippen MR) is 119 cm³/mol. The van der Waals surface area contributed by atoms with E-state index < -0.39 is 18.2 Å². The summed E-state index contributed by atoms with van der Waals surface area (Å²) >= 11 is 1.50. The van der Waals surface area contributed by atoms with Gasteiger partial charge in [-0.1, -0.05) is 72.4 Å². The summed E-state index contributed by atoms with van der Waals surface area (Å²) in [5.74, 6) is 0.544. The van der Waals surface area contributed by atoms with E-state index in [4.69, 9.17) is 15.2 Å². The van der Waals surface area contributed by atoms with Crippen LogP contribution in [0.25, 0.3) is 0 Å². The summed E-state index contributed by atoms with van der Waals surface area (Å²) in [4.78, 5) is 13.2. The summed E-state index contributed by atoms with van der Waals surface area (Å²) < 4.78 is 10.4. The minimum absolute atomic E-state index is 0.171. The molecule has 0 spiro atoms. The molecule has 0 radical (unpaired) electrons. The van der Waals surface area contributed by atoms with Crippen molar-refractivity contribution in [2.24, 2.45) is 5.73 Å². The van der Waals surface area contributed by atoms with E-state index in [1.54, 1.807) is 6.26 Å². The lowest BCUT2D eigenvalue weighted by Crippen LogP contribution is -2.45. The summed E-state index contributed by atoms with van der Waals surface area (Å²) in [6.45, 7) is 0.171. The molecule has 0 unspecified atom stereocenters. The third kappa shape index (κ3) is 7.40. The lowest BCUT2D eigenvalue weighted by molar-refractivity contribution is 0.114. The van der Waals surface area contributed by atoms with Crippen LogP contribution in [0.5, 0.6) is 0 Å². The molecule has 30 heavy (non-hydrogen) atoms. The third-order valence-corrected chi connectivity index (χ3v) is 5.69. The third-order valence-electron chi connectivity index (χ3n) is 4.85. The maximum atomic E-state index is 12.3. The molecule has 0 bridgehead atoms. The van der Waals surface area contributed by atoms with E-state index >= 15 is 0 Å². The van der Waals surface area contributed by atoms with Crippen molar-refractivity contribution in [1.29, 1.82) is 0 Å². The Morgan fingerprint density at radius 2 is 1.73 bits per heavy atom. The molecular formula is C23H28N2O4S. The molecule has 6 nitrogen and oxygen atoms in total. The van der Waals surface area contributed by atoms with Crippen LogP contribution in [0.15, 0.2) is 71.8 Å². The first-order valence-electron chi connectivity index (χ1n) is 9.98. The summed E-state index contributed by atoms with van der Waals surface area (Å²) in [5, 5.41) is 13.6. The van der Waals surface area contributed by atoms with Crippen LogP contribution in [0.2, 0.25) is 0 Å². The Bertz CT molecular complexity index is 816. The average Bonchev–Trinajstić information content (AvgIpc) is 3.27. The van der Waals surface area contributed by atoms with Gasteiger partial charge in [-0.2, -0.15) is 0 Å². The number of nitrogens with two attached hydrogens (primary N) is 1. The summed E-state index contributed by atoms with van der Waals surface area (Å²) in [6, 6.07) is 18.9. The van der Waals surface area contributed by atoms with Crippen LogP contribution in [0.1, 0.15) is 17.5 Å². The molecule has 0 saturated carbocycles. The fourth-order valence-electron chi connectivity index (χ4n) is 3.27. The van der Waals surface area contributed by atoms with Gasteiger partial charge in [-0.3, -0.25) is 0 Å². The van der Waals surface area contributed by atoms with Crippen molar-refractivity contribution in [3.63, 3.8) is 0 Å². The number of alkyl carbamates (subject to hydrolysis) is 1. The predicted octanol–water partition coefficient (Wildman–Crippen LogP) is 3.21. The fraction of sp³-hybridized carbons (Fsp3) is 0.348. The summed E-state index contributed by atoms with van der Waals surface area (Å²) in [6.07, 6.45) is 1.79. The lowest BCUT2D eigenvalue weighted by Gasteiger charge is -2.25. The first kappa shape index (κ1) is 22.2. The standard InChI is InChI=1S/C23H28N2O4S/c24-21(12-18-9-5-2-6-10-18)22(26)13-19(11-17-7-3-1-4-8-17)25-23(27)29-15-20-14-28-16-30-20/h1-10,14,19,21-22,26H,11-13,15-16,24H2,(H,25,27)/t19-,21-,22-/m0/s1. The van der Waals surface area contributed by atoms with E-state index in [1.807, 2.05) is 60.7 Å². The zero-order chi connectivity index (χ0) is 21.2. The number of ether oxygens (including phenoxy) is 2. The highest BCUT2D eigenvalue weighted by molar-refractivity contribution is 8.03. The van der Waals surface area contributed by atoms with Gasteiger partial charge in [-0.15, -0.1) is 0 Å². The van der Waals surface area contributed by atoms with Gasteiger partial charge in [0.2, 0.25) is 0 Å². The molecular weight excluding hydrogens is 400 g/mol. The molecule has 1 amide bonds. The van der Waals surface area contributed by atoms with E-state index in [0.717, 1.165) is 16.0 Å². The lowest BCUT2D eigenvalue weighted by atomic mass is 9.94. The molecule has 2 aromatic carbocycles. The number of nitrogens with one attached hydrogen (secondary N) is 1. The average molecular weight is 429 g/mol. The highest BCUT2D eigenvalue weighted by Gasteiger charge is 2.23. The number of aliphatic hydroxyl groups is 1. The van der Waals surface area contributed by atoms with Crippen molar-refractivity contribution >= 4 is 17.9 Å². The van der Waals surface area contributed by atoms with Crippen molar-refractivity contribution < 1.29 is 19.4 Å². The quantitative estimate of drug-likeness (QED) is 0.538. The van der Waals surface area contributed by atoms with E-state index in [9.17, 15) is 9.90 Å². The van der Waals surface area contributed by atoms with Gasteiger partial charge in [0.15, 0.2) is 0 Å². The van der Waals surface area contributed by atoms with E-state index in [-0.39, 0.29) is 12.6 Å². The minimum Gasteiger partial charge on any atom is -0.489 e. The molecule has 0 fully saturated rings. The number of carbonyl (C=O) groups is 1. The van der Waals surface area contributed by atoms with E-state index in [0.29, 0.717) is 25.2 Å². The number of aliphatic hydroxyl groups excluding tert-OH is 1. The Morgan fingerprint density at radius 3 is 2.33 bits per heavy atom. The maximum absolute atomic E-state index is 12.3. The Balaban J connectivity index is 1.57. The van der Waals surface area contributed by atoms with Crippen molar-refractivity contribution in [2.45, 2.75) is 37.5 Å². The van der Waals surface area contributed by atoms with Crippen molar-refractivity contribution in [1.82, 2.24) is 5.32 Å². The van der Waals surface area contributed by atoms with Gasteiger partial charge in [-0.25, -0.2) is 4.79 Å². The first-order chi connectivity index (χ1) is 14.6. The number of hydrogen-bond acceptors (Lipinski definition) is 6. The number of hydrogen-bond donors (Lipinski definition) is 3. The Labute approximate surface area is 181 Å². The largest absolute Gasteiger partial charge is 0.489 e. The number of benzene rings is 2. The Kier molecular flexibility index (Phi) is 8.62. The molecule has 4 N–H and O–H groups in total. The molecule has 0 saturated heterocycles. The second kappa shape index (κ2) is 11.6. The normalized spacial score (nSPS) is 16.1. The SMILES string of the molecule is N[C@@H](Cc1ccccc1)[C@@H](O)C[C@H](Cc1ccccc1)NC(=O)OCC1=COCS1. The molecule has 0 aromatic heterocycles. The summed E-state index contributed by atoms with van der Waals surface area (Å²) in [5.41, 5.74) is 8.38. The van der Waals surface area contributed by atoms with Crippen LogP contribution in [0, 0.1) is 0 Å². The number of carbonyl (C=O) groups excluding carboxylic acids is 1. The van der Waals surface area contributed by atoms with Crippen LogP contribution < -0.4 is 11.1 Å². The smallest absolute Gasteiger partial charge is 0.407 e. The van der Waals surface area contributed by atoms with Gasteiger partial charge in [0, 0.05) is 12.1 Å². The van der Waals surface area contributed by atoms with Gasteiger partial charge in [0.1, 0.15) is 12.5 Å². The number of amides is 1. The molecule has 1 aliphatic heterocycles. The second-order valence-electron chi connectivity index (χ2n) is 7.28. The highest BCUT2D eigenvalue weighted by atomic mass is 32.2. The van der Waals surface area contributed by atoms with Gasteiger partial charge >= 0.3 is 6.09 Å². The van der Waals surface area contributed by atoms with Crippen LogP contribution in [0.4, 0.5) is 4.79 Å². The zero-order valence-corrected chi connectivity index (χ0v) is 17.6. The second-order valence-corrected chi connectivity index (χ2v) is 8.33. The molecule has 0 aliphatic carbocycles. The monoisotopic (exact) mass is 428 g/mol. The molecule has 7 heteroatoms. The zero-order valence-electron chi connectivity index (χ0n) is 16.8. The fourth-order valence-corrected chi connectivity index (χ4v) is 3.84. The summed E-state index contributed by atoms with van der Waals surface area (Å²) in [7, 11) is 0. The van der Waals surface area contributed by atoms with Crippen molar-refractivity contribution in [2.75, 3.05) is 12.5 Å². The number of rotatable bonds is 10. The Morgan fingerprint density at radius 1 is 1.10 bits per heavy atom. The molecule has 3 atom stereocenters. The van der Waals surface area contributed by atoms with Crippen molar-refractivity contribution in [3.05, 3.63) is 83.0 Å². The topological polar surface area (TPSA) is 93.8 Å². The van der Waals surface area contributed by atoms with Crippen LogP contribution >= 0.6 is 11.8 Å². The molecule has 3 rings (SSSR count). The Hall–Kier alpha value is -2.48. The van der Waals surface area contributed by atoms with Crippen LogP contribution in [0.3, 0.4) is 0 Å². The van der Waals surface area contributed by atoms with E-state index in [1.165, 1.54) is 11.8 Å². The molecule has 1 aliphatic rings. The van der Waals surface area contributed by atoms with Crippen LogP contribution in [-0.2, 0) is 22.3 Å². The highest BCUT2D eigenvalue weighted by Crippen LogP contribution is 2.22. The molecule has 160 valence electrons. The van der Waals surface area contributed by atoms with Crippen LogP contribution in [-0.4, -0.2) is 41.9 Å². The van der Waals surface area contributed by atoms with Gasteiger partial charge in [0.25, 0.3) is 0 Å². The van der Waals surface area contributed by atoms with Gasteiger partial charge in [-0.05, 0) is 30.4 Å². The molecule has 2 aromatic rings. The molecule has 1 heterocycles. The maximum Gasteiger partial charge on any atom is 0.407 e. The first-order valence-corrected chi connectivity index (χ1v) is 11.0.